The number of carbonyl (C=O) groups is 1. The summed E-state index contributed by atoms with van der Waals surface area (Å²) < 4.78 is 0. The number of aromatic nitrogens is 2. The number of anilines is 1. The Bertz CT molecular complexity index is 654. The van der Waals surface area contributed by atoms with E-state index in [4.69, 9.17) is 5.73 Å². The van der Waals surface area contributed by atoms with E-state index in [2.05, 4.69) is 21.4 Å². The predicted octanol–water partition coefficient (Wildman–Crippen LogP) is -0.113. The van der Waals surface area contributed by atoms with Crippen molar-refractivity contribution >= 4 is 11.9 Å². The van der Waals surface area contributed by atoms with Crippen molar-refractivity contribution in [1.29, 1.82) is 0 Å². The third-order valence-electron chi connectivity index (χ3n) is 4.42. The molecule has 3 heterocycles. The van der Waals surface area contributed by atoms with Gasteiger partial charge in [-0.1, -0.05) is 6.08 Å². The Morgan fingerprint density at radius 2 is 2.32 bits per heavy atom. The lowest BCUT2D eigenvalue weighted by Crippen LogP contribution is -2.48. The Kier molecular flexibility index (Phi) is 3.98. The van der Waals surface area contributed by atoms with Crippen LogP contribution in [0.2, 0.25) is 0 Å². The number of nitrogens with two attached hydrogens (primary N) is 1. The van der Waals surface area contributed by atoms with Gasteiger partial charge in [0.2, 0.25) is 11.9 Å². The molecule has 118 valence electrons. The van der Waals surface area contributed by atoms with Gasteiger partial charge in [0.05, 0.1) is 18.3 Å². The summed E-state index contributed by atoms with van der Waals surface area (Å²) in [6.07, 6.45) is 4.26. The minimum absolute atomic E-state index is 0.0844. The molecule has 1 aromatic heterocycles. The second-order valence-electron chi connectivity index (χ2n) is 5.83. The molecule has 3 N–H and O–H groups in total. The normalized spacial score (nSPS) is 21.6. The number of hydrogen-bond acceptors (Lipinski definition) is 5. The molecule has 7 heteroatoms. The van der Waals surface area contributed by atoms with Gasteiger partial charge in [0.15, 0.2) is 0 Å². The van der Waals surface area contributed by atoms with Crippen LogP contribution in [-0.4, -0.2) is 51.4 Å². The van der Waals surface area contributed by atoms with Crippen LogP contribution in [-0.2, 0) is 17.8 Å². The lowest BCUT2D eigenvalue weighted by atomic mass is 10.0. The van der Waals surface area contributed by atoms with Crippen molar-refractivity contribution < 1.29 is 4.79 Å². The molecular formula is C15H21N5O2. The van der Waals surface area contributed by atoms with E-state index in [0.29, 0.717) is 30.8 Å². The number of carbonyl (C=O) groups excluding carboxylic acids is 1. The second-order valence-corrected chi connectivity index (χ2v) is 5.83. The first-order valence-corrected chi connectivity index (χ1v) is 7.61. The molecule has 1 saturated heterocycles. The summed E-state index contributed by atoms with van der Waals surface area (Å²) in [6, 6.07) is -0.0844. The maximum Gasteiger partial charge on any atom is 0.255 e. The van der Waals surface area contributed by atoms with Crippen molar-refractivity contribution in [3.63, 3.8) is 0 Å². The highest BCUT2D eigenvalue weighted by Crippen LogP contribution is 2.22. The molecule has 0 spiro atoms. The highest BCUT2D eigenvalue weighted by molar-refractivity contribution is 5.82. The Hall–Kier alpha value is -2.15. The van der Waals surface area contributed by atoms with Gasteiger partial charge < -0.3 is 10.6 Å². The van der Waals surface area contributed by atoms with Crippen molar-refractivity contribution in [1.82, 2.24) is 19.8 Å². The molecule has 0 aliphatic carbocycles. The van der Waals surface area contributed by atoms with Gasteiger partial charge in [-0.15, -0.1) is 6.58 Å². The number of nitrogens with one attached hydrogen (secondary N) is 1. The molecule has 3 rings (SSSR count). The van der Waals surface area contributed by atoms with Crippen LogP contribution in [0.3, 0.4) is 0 Å². The molecule has 1 amide bonds. The van der Waals surface area contributed by atoms with Gasteiger partial charge in [-0.25, -0.2) is 4.98 Å². The number of hydrogen-bond donors (Lipinski definition) is 2. The molecule has 0 radical (unpaired) electrons. The van der Waals surface area contributed by atoms with Crippen molar-refractivity contribution in [2.75, 3.05) is 25.4 Å². The fourth-order valence-electron chi connectivity index (χ4n) is 3.35. The van der Waals surface area contributed by atoms with Crippen LogP contribution in [0.5, 0.6) is 0 Å². The predicted molar refractivity (Wildman–Crippen MR) is 83.2 cm³/mol. The molecular weight excluding hydrogens is 282 g/mol. The topological polar surface area (TPSA) is 95.3 Å². The third kappa shape index (κ3) is 2.64. The summed E-state index contributed by atoms with van der Waals surface area (Å²) in [5, 5.41) is 0. The number of aromatic amines is 1. The maximum absolute atomic E-state index is 12.8. The van der Waals surface area contributed by atoms with Crippen molar-refractivity contribution in [3.8, 4) is 0 Å². The average Bonchev–Trinajstić information content (AvgIpc) is 2.94. The molecule has 7 nitrogen and oxygen atoms in total. The van der Waals surface area contributed by atoms with Gasteiger partial charge in [0.1, 0.15) is 0 Å². The van der Waals surface area contributed by atoms with Crippen LogP contribution in [0, 0.1) is 0 Å². The number of fused-ring (bicyclic) bond motifs is 1. The zero-order valence-electron chi connectivity index (χ0n) is 12.5. The van der Waals surface area contributed by atoms with Crippen LogP contribution in [0.15, 0.2) is 17.4 Å². The average molecular weight is 303 g/mol. The van der Waals surface area contributed by atoms with Crippen LogP contribution in [0.25, 0.3) is 0 Å². The molecule has 1 aromatic rings. The highest BCUT2D eigenvalue weighted by Gasteiger charge is 2.34. The number of rotatable bonds is 3. The number of H-pyrrole nitrogens is 1. The molecule has 1 atom stereocenters. The van der Waals surface area contributed by atoms with Crippen molar-refractivity contribution in [2.45, 2.75) is 31.8 Å². The van der Waals surface area contributed by atoms with Gasteiger partial charge in [0, 0.05) is 18.7 Å². The highest BCUT2D eigenvalue weighted by atomic mass is 16.2. The smallest absolute Gasteiger partial charge is 0.255 e. The van der Waals surface area contributed by atoms with Gasteiger partial charge in [-0.2, -0.15) is 0 Å². The van der Waals surface area contributed by atoms with E-state index >= 15 is 0 Å². The Morgan fingerprint density at radius 1 is 1.50 bits per heavy atom. The number of nitrogens with zero attached hydrogens (tertiary/aromatic N) is 3. The number of likely N-dealkylation sites (tertiary alicyclic amines) is 1. The maximum atomic E-state index is 12.8. The molecule has 22 heavy (non-hydrogen) atoms. The summed E-state index contributed by atoms with van der Waals surface area (Å²) in [7, 11) is 0. The Morgan fingerprint density at radius 3 is 3.09 bits per heavy atom. The molecule has 0 bridgehead atoms. The molecule has 0 unspecified atom stereocenters. The lowest BCUT2D eigenvalue weighted by molar-refractivity contribution is -0.136. The Labute approximate surface area is 128 Å². The Balaban J connectivity index is 1.78. The first-order valence-electron chi connectivity index (χ1n) is 7.61. The zero-order chi connectivity index (χ0) is 15.7. The van der Waals surface area contributed by atoms with Crippen LogP contribution in [0.1, 0.15) is 24.1 Å². The van der Waals surface area contributed by atoms with E-state index in [9.17, 15) is 9.59 Å². The molecule has 0 saturated carbocycles. The van der Waals surface area contributed by atoms with Gasteiger partial charge in [0.25, 0.3) is 5.56 Å². The van der Waals surface area contributed by atoms with E-state index < -0.39 is 0 Å². The largest absolute Gasteiger partial charge is 0.369 e. The number of amides is 1. The van der Waals surface area contributed by atoms with E-state index in [1.807, 2.05) is 6.08 Å². The van der Waals surface area contributed by atoms with Crippen molar-refractivity contribution in [2.24, 2.45) is 0 Å². The minimum atomic E-state index is -0.191. The fourth-order valence-corrected chi connectivity index (χ4v) is 3.35. The lowest BCUT2D eigenvalue weighted by Gasteiger charge is -2.32. The van der Waals surface area contributed by atoms with Gasteiger partial charge >= 0.3 is 0 Å². The molecule has 2 aliphatic heterocycles. The summed E-state index contributed by atoms with van der Waals surface area (Å²) in [5.41, 5.74) is 6.67. The fraction of sp³-hybridized carbons (Fsp3) is 0.533. The second kappa shape index (κ2) is 5.92. The monoisotopic (exact) mass is 303 g/mol. The molecule has 1 fully saturated rings. The van der Waals surface area contributed by atoms with Gasteiger partial charge in [-0.3, -0.25) is 19.5 Å². The first-order chi connectivity index (χ1) is 10.6. The number of nitrogen functional groups attached to an aromatic ring is 1. The minimum Gasteiger partial charge on any atom is -0.369 e. The third-order valence-corrected chi connectivity index (χ3v) is 4.42. The van der Waals surface area contributed by atoms with Crippen molar-refractivity contribution in [3.05, 3.63) is 34.3 Å². The summed E-state index contributed by atoms with van der Waals surface area (Å²) in [6.45, 7) is 6.32. The molecule has 0 aromatic carbocycles. The quantitative estimate of drug-likeness (QED) is 0.760. The summed E-state index contributed by atoms with van der Waals surface area (Å²) in [4.78, 5) is 35.3. The van der Waals surface area contributed by atoms with Crippen LogP contribution in [0.4, 0.5) is 5.95 Å². The first kappa shape index (κ1) is 14.8. The SMILES string of the molecule is C=CCN1CCC[C@@H]1C(=O)N1CCc2c(nc(N)[nH]c2=O)C1. The molecule has 2 aliphatic rings. The van der Waals surface area contributed by atoms with E-state index in [0.717, 1.165) is 25.9 Å². The van der Waals surface area contributed by atoms with E-state index in [1.54, 1.807) is 4.90 Å². The van der Waals surface area contributed by atoms with Crippen LogP contribution < -0.4 is 11.3 Å². The van der Waals surface area contributed by atoms with Gasteiger partial charge in [-0.05, 0) is 25.8 Å². The van der Waals surface area contributed by atoms with E-state index in [-0.39, 0.29) is 23.5 Å². The zero-order valence-corrected chi connectivity index (χ0v) is 12.5. The van der Waals surface area contributed by atoms with E-state index in [1.165, 1.54) is 0 Å². The summed E-state index contributed by atoms with van der Waals surface area (Å²) >= 11 is 0. The van der Waals surface area contributed by atoms with Crippen LogP contribution >= 0.6 is 0 Å². The standard InChI is InChI=1S/C15H21N5O2/c1-2-6-19-7-3-4-12(19)14(22)20-8-5-10-11(9-20)17-15(16)18-13(10)21/h2,12H,1,3-9H2,(H3,16,17,18,21)/t12-/m1/s1. The summed E-state index contributed by atoms with van der Waals surface area (Å²) in [5.74, 6) is 0.220.